The number of morpholine rings is 1. The van der Waals surface area contributed by atoms with E-state index < -0.39 is 0 Å². The van der Waals surface area contributed by atoms with Crippen LogP contribution in [0.2, 0.25) is 5.02 Å². The van der Waals surface area contributed by atoms with Crippen molar-refractivity contribution in [2.75, 3.05) is 29.9 Å². The lowest BCUT2D eigenvalue weighted by Crippen LogP contribution is -2.42. The van der Waals surface area contributed by atoms with Gasteiger partial charge in [-0.3, -0.25) is 0 Å². The van der Waals surface area contributed by atoms with Crippen LogP contribution < -0.4 is 15.0 Å². The molecule has 1 fully saturated rings. The Labute approximate surface area is 211 Å². The zero-order valence-corrected chi connectivity index (χ0v) is 20.5. The van der Waals surface area contributed by atoms with E-state index in [2.05, 4.69) is 30.2 Å². The average Bonchev–Trinajstić information content (AvgIpc) is 3.25. The van der Waals surface area contributed by atoms with Gasteiger partial charge in [0.1, 0.15) is 28.9 Å². The molecule has 1 aliphatic rings. The molecule has 10 nitrogen and oxygen atoms in total. The fourth-order valence-electron chi connectivity index (χ4n) is 4.19. The number of fused-ring (bicyclic) bond motifs is 2. The van der Waals surface area contributed by atoms with Gasteiger partial charge in [0.05, 0.1) is 41.3 Å². The van der Waals surface area contributed by atoms with Gasteiger partial charge in [0, 0.05) is 31.9 Å². The minimum absolute atomic E-state index is 0.122. The van der Waals surface area contributed by atoms with Crippen molar-refractivity contribution in [2.24, 2.45) is 7.05 Å². The molecule has 2 aromatic carbocycles. The van der Waals surface area contributed by atoms with E-state index in [-0.39, 0.29) is 6.10 Å². The monoisotopic (exact) mass is 502 g/mol. The van der Waals surface area contributed by atoms with Crippen molar-refractivity contribution in [1.82, 2.24) is 29.5 Å². The summed E-state index contributed by atoms with van der Waals surface area (Å²) < 4.78 is 13.6. The van der Waals surface area contributed by atoms with E-state index in [1.165, 1.54) is 6.33 Å². The number of nitrogens with zero attached hydrogens (tertiary/aromatic N) is 7. The molecule has 0 radical (unpaired) electrons. The summed E-state index contributed by atoms with van der Waals surface area (Å²) in [6.07, 6.45) is 5.09. The summed E-state index contributed by atoms with van der Waals surface area (Å²) >= 11 is 6.56. The molecule has 6 rings (SSSR count). The predicted molar refractivity (Wildman–Crippen MR) is 138 cm³/mol. The Morgan fingerprint density at radius 3 is 2.86 bits per heavy atom. The standard InChI is InChI=1S/C25H23ClN8O2/c1-15-12-34(7-8-35-15)25-27-11-20-23(32-25)24(29-13-28-20)31-16-3-6-22(18(26)9-16)36-17-4-5-21-19(10-17)30-14-33(21)2/h3-6,9-11,13-15H,7-8,12H2,1-2H3,(H,28,29,31). The number of aryl methyl sites for hydroxylation is 1. The molecule has 0 spiro atoms. The number of hydrogen-bond donors (Lipinski definition) is 1. The molecule has 4 heterocycles. The zero-order valence-electron chi connectivity index (χ0n) is 19.7. The molecule has 36 heavy (non-hydrogen) atoms. The molecule has 0 aliphatic carbocycles. The van der Waals surface area contributed by atoms with Gasteiger partial charge in [-0.25, -0.2) is 24.9 Å². The van der Waals surface area contributed by atoms with Crippen molar-refractivity contribution < 1.29 is 9.47 Å². The molecular weight excluding hydrogens is 480 g/mol. The third-order valence-corrected chi connectivity index (χ3v) is 6.30. The van der Waals surface area contributed by atoms with E-state index in [0.29, 0.717) is 45.9 Å². The second-order valence-corrected chi connectivity index (χ2v) is 9.04. The SMILES string of the molecule is CC1CN(c2ncc3ncnc(Nc4ccc(Oc5ccc6c(c5)ncn6C)c(Cl)c4)c3n2)CCO1. The van der Waals surface area contributed by atoms with Gasteiger partial charge < -0.3 is 24.3 Å². The number of halogens is 1. The Morgan fingerprint density at radius 2 is 2.00 bits per heavy atom. The molecule has 182 valence electrons. The van der Waals surface area contributed by atoms with Crippen LogP contribution in [-0.2, 0) is 11.8 Å². The number of anilines is 3. The molecule has 1 N–H and O–H groups in total. The second-order valence-electron chi connectivity index (χ2n) is 8.63. The molecule has 11 heteroatoms. The van der Waals surface area contributed by atoms with Crippen molar-refractivity contribution in [3.05, 3.63) is 60.3 Å². The minimum Gasteiger partial charge on any atom is -0.456 e. The topological polar surface area (TPSA) is 103 Å². The van der Waals surface area contributed by atoms with Gasteiger partial charge in [0.25, 0.3) is 0 Å². The summed E-state index contributed by atoms with van der Waals surface area (Å²) in [6.45, 7) is 4.14. The number of hydrogen-bond acceptors (Lipinski definition) is 9. The molecule has 1 atom stereocenters. The number of nitrogens with one attached hydrogen (secondary N) is 1. The first-order chi connectivity index (χ1) is 17.5. The summed E-state index contributed by atoms with van der Waals surface area (Å²) in [5.74, 6) is 2.39. The summed E-state index contributed by atoms with van der Waals surface area (Å²) in [4.78, 5) is 24.5. The quantitative estimate of drug-likeness (QED) is 0.365. The van der Waals surface area contributed by atoms with E-state index >= 15 is 0 Å². The molecule has 0 bridgehead atoms. The number of imidazole rings is 1. The van der Waals surface area contributed by atoms with Gasteiger partial charge in [-0.15, -0.1) is 0 Å². The van der Waals surface area contributed by atoms with Crippen LogP contribution >= 0.6 is 11.6 Å². The average molecular weight is 503 g/mol. The van der Waals surface area contributed by atoms with Crippen molar-refractivity contribution in [2.45, 2.75) is 13.0 Å². The number of benzene rings is 2. The van der Waals surface area contributed by atoms with Crippen LogP contribution in [0.25, 0.3) is 22.1 Å². The maximum absolute atomic E-state index is 6.56. The van der Waals surface area contributed by atoms with Crippen LogP contribution in [0.3, 0.4) is 0 Å². The lowest BCUT2D eigenvalue weighted by atomic mass is 10.2. The molecule has 5 aromatic rings. The summed E-state index contributed by atoms with van der Waals surface area (Å²) in [5, 5.41) is 3.76. The molecule has 1 aliphatic heterocycles. The van der Waals surface area contributed by atoms with Crippen LogP contribution in [0.4, 0.5) is 17.5 Å². The van der Waals surface area contributed by atoms with Gasteiger partial charge in [0.15, 0.2) is 5.82 Å². The fourth-order valence-corrected chi connectivity index (χ4v) is 4.41. The molecule has 1 unspecified atom stereocenters. The normalized spacial score (nSPS) is 16.0. The van der Waals surface area contributed by atoms with E-state index in [4.69, 9.17) is 26.1 Å². The van der Waals surface area contributed by atoms with Crippen LogP contribution in [0.15, 0.2) is 55.2 Å². The molecule has 1 saturated heterocycles. The maximum atomic E-state index is 6.56. The zero-order chi connectivity index (χ0) is 24.6. The van der Waals surface area contributed by atoms with Gasteiger partial charge in [-0.2, -0.15) is 0 Å². The van der Waals surface area contributed by atoms with Gasteiger partial charge in [-0.05, 0) is 37.3 Å². The highest BCUT2D eigenvalue weighted by molar-refractivity contribution is 6.32. The van der Waals surface area contributed by atoms with Crippen molar-refractivity contribution in [3.63, 3.8) is 0 Å². The van der Waals surface area contributed by atoms with Gasteiger partial charge in [0.2, 0.25) is 5.95 Å². The Kier molecular flexibility index (Phi) is 5.74. The second kappa shape index (κ2) is 9.21. The van der Waals surface area contributed by atoms with Crippen molar-refractivity contribution >= 4 is 51.1 Å². The highest BCUT2D eigenvalue weighted by Gasteiger charge is 2.20. The third-order valence-electron chi connectivity index (χ3n) is 6.01. The molecule has 3 aromatic heterocycles. The predicted octanol–water partition coefficient (Wildman–Crippen LogP) is 4.72. The first-order valence-corrected chi connectivity index (χ1v) is 11.9. The van der Waals surface area contributed by atoms with Crippen LogP contribution in [0, 0.1) is 0 Å². The third kappa shape index (κ3) is 4.36. The summed E-state index contributed by atoms with van der Waals surface area (Å²) in [6, 6.07) is 11.2. The van der Waals surface area contributed by atoms with Crippen LogP contribution in [-0.4, -0.2) is 55.3 Å². The molecule has 0 saturated carbocycles. The summed E-state index contributed by atoms with van der Waals surface area (Å²) in [7, 11) is 1.95. The first-order valence-electron chi connectivity index (χ1n) is 11.5. The summed E-state index contributed by atoms with van der Waals surface area (Å²) in [5.41, 5.74) is 3.90. The van der Waals surface area contributed by atoms with E-state index in [1.807, 2.05) is 48.9 Å². The lowest BCUT2D eigenvalue weighted by molar-refractivity contribution is 0.0526. The largest absolute Gasteiger partial charge is 0.456 e. The first kappa shape index (κ1) is 22.4. The van der Waals surface area contributed by atoms with Crippen LogP contribution in [0.5, 0.6) is 11.5 Å². The maximum Gasteiger partial charge on any atom is 0.226 e. The highest BCUT2D eigenvalue weighted by atomic mass is 35.5. The highest BCUT2D eigenvalue weighted by Crippen LogP contribution is 2.34. The Morgan fingerprint density at radius 1 is 1.08 bits per heavy atom. The Balaban J connectivity index is 1.25. The smallest absolute Gasteiger partial charge is 0.226 e. The molecule has 0 amide bonds. The minimum atomic E-state index is 0.122. The van der Waals surface area contributed by atoms with Crippen molar-refractivity contribution in [1.29, 1.82) is 0 Å². The van der Waals surface area contributed by atoms with Gasteiger partial charge in [-0.1, -0.05) is 11.6 Å². The number of aromatic nitrogens is 6. The number of rotatable bonds is 5. The van der Waals surface area contributed by atoms with Crippen LogP contribution in [0.1, 0.15) is 6.92 Å². The molecular formula is C25H23ClN8O2. The Hall–Kier alpha value is -4.02. The lowest BCUT2D eigenvalue weighted by Gasteiger charge is -2.31. The van der Waals surface area contributed by atoms with E-state index in [9.17, 15) is 0 Å². The van der Waals surface area contributed by atoms with Crippen molar-refractivity contribution in [3.8, 4) is 11.5 Å². The Bertz CT molecular complexity index is 1570. The van der Waals surface area contributed by atoms with E-state index in [1.54, 1.807) is 18.6 Å². The fraction of sp³-hybridized carbons (Fsp3) is 0.240. The van der Waals surface area contributed by atoms with E-state index in [0.717, 1.165) is 29.8 Å². The number of ether oxygens (including phenoxy) is 2. The van der Waals surface area contributed by atoms with Gasteiger partial charge >= 0.3 is 0 Å².